The Morgan fingerprint density at radius 1 is 1.24 bits per heavy atom. The van der Waals surface area contributed by atoms with Gasteiger partial charge < -0.3 is 9.84 Å². The first-order valence-electron chi connectivity index (χ1n) is 5.86. The van der Waals surface area contributed by atoms with E-state index in [-0.39, 0.29) is 23.6 Å². The second-order valence-electron chi connectivity index (χ2n) is 4.16. The van der Waals surface area contributed by atoms with Gasteiger partial charge in [-0.1, -0.05) is 28.1 Å². The number of nitro groups is 1. The Balaban J connectivity index is 2.21. The summed E-state index contributed by atoms with van der Waals surface area (Å²) in [4.78, 5) is 21.2. The Kier molecular flexibility index (Phi) is 4.54. The molecular weight excluding hydrogens is 342 g/mol. The number of halogens is 1. The Bertz CT molecular complexity index is 684. The van der Waals surface area contributed by atoms with E-state index in [4.69, 9.17) is 9.84 Å². The van der Waals surface area contributed by atoms with Crippen molar-refractivity contribution in [2.75, 3.05) is 0 Å². The van der Waals surface area contributed by atoms with E-state index >= 15 is 0 Å². The Hall–Kier alpha value is -2.41. The lowest BCUT2D eigenvalue weighted by Gasteiger charge is -2.09. The Morgan fingerprint density at radius 3 is 2.48 bits per heavy atom. The van der Waals surface area contributed by atoms with Crippen LogP contribution in [0.4, 0.5) is 5.69 Å². The molecule has 0 atom stereocenters. The summed E-state index contributed by atoms with van der Waals surface area (Å²) in [6, 6.07) is 10.8. The van der Waals surface area contributed by atoms with Crippen molar-refractivity contribution in [3.8, 4) is 5.75 Å². The fourth-order valence-electron chi connectivity index (χ4n) is 1.67. The zero-order chi connectivity index (χ0) is 15.4. The molecule has 1 N–H and O–H groups in total. The highest BCUT2D eigenvalue weighted by Crippen LogP contribution is 2.25. The van der Waals surface area contributed by atoms with Gasteiger partial charge in [-0.05, 0) is 23.8 Å². The van der Waals surface area contributed by atoms with Crippen molar-refractivity contribution in [2.45, 2.75) is 6.61 Å². The van der Waals surface area contributed by atoms with Crippen molar-refractivity contribution < 1.29 is 19.6 Å². The normalized spacial score (nSPS) is 10.1. The third kappa shape index (κ3) is 3.79. The highest BCUT2D eigenvalue weighted by Gasteiger charge is 2.17. The standard InChI is InChI=1S/C14H10BrNO5/c15-10-3-1-9(2-4-10)8-21-13-6-5-11(16(19)20)7-12(13)14(17)18/h1-7H,8H2,(H,17,18). The van der Waals surface area contributed by atoms with Crippen LogP contribution < -0.4 is 4.74 Å². The molecule has 0 aliphatic rings. The van der Waals surface area contributed by atoms with Crippen LogP contribution in [0.5, 0.6) is 5.75 Å². The molecule has 0 bridgehead atoms. The molecule has 0 saturated carbocycles. The van der Waals surface area contributed by atoms with E-state index < -0.39 is 10.9 Å². The summed E-state index contributed by atoms with van der Waals surface area (Å²) < 4.78 is 6.36. The SMILES string of the molecule is O=C(O)c1cc([N+](=O)[O-])ccc1OCc1ccc(Br)cc1. The average Bonchev–Trinajstić information content (AvgIpc) is 2.46. The van der Waals surface area contributed by atoms with Gasteiger partial charge >= 0.3 is 5.97 Å². The highest BCUT2D eigenvalue weighted by molar-refractivity contribution is 9.10. The number of aromatic carboxylic acids is 1. The number of non-ortho nitro benzene ring substituents is 1. The molecule has 2 aromatic rings. The zero-order valence-electron chi connectivity index (χ0n) is 10.7. The van der Waals surface area contributed by atoms with Crippen molar-refractivity contribution >= 4 is 27.6 Å². The molecule has 0 heterocycles. The van der Waals surface area contributed by atoms with Crippen LogP contribution in [-0.4, -0.2) is 16.0 Å². The number of ether oxygens (including phenoxy) is 1. The molecule has 0 aliphatic heterocycles. The molecule has 2 aromatic carbocycles. The van der Waals surface area contributed by atoms with Crippen molar-refractivity contribution in [1.82, 2.24) is 0 Å². The summed E-state index contributed by atoms with van der Waals surface area (Å²) in [6.45, 7) is 0.172. The van der Waals surface area contributed by atoms with Crippen LogP contribution in [0.3, 0.4) is 0 Å². The lowest BCUT2D eigenvalue weighted by atomic mass is 10.1. The number of nitro benzene ring substituents is 1. The number of rotatable bonds is 5. The molecule has 0 unspecified atom stereocenters. The lowest BCUT2D eigenvalue weighted by Crippen LogP contribution is -2.04. The first kappa shape index (κ1) is 15.0. The number of hydrogen-bond donors (Lipinski definition) is 1. The van der Waals surface area contributed by atoms with Gasteiger partial charge in [0.2, 0.25) is 0 Å². The van der Waals surface area contributed by atoms with E-state index in [2.05, 4.69) is 15.9 Å². The van der Waals surface area contributed by atoms with Crippen LogP contribution in [-0.2, 0) is 6.61 Å². The highest BCUT2D eigenvalue weighted by atomic mass is 79.9. The summed E-state index contributed by atoms with van der Waals surface area (Å²) in [5.74, 6) is -1.18. The number of nitrogens with zero attached hydrogens (tertiary/aromatic N) is 1. The van der Waals surface area contributed by atoms with E-state index in [9.17, 15) is 14.9 Å². The summed E-state index contributed by atoms with van der Waals surface area (Å²) in [5, 5.41) is 19.8. The van der Waals surface area contributed by atoms with Gasteiger partial charge in [0.25, 0.3) is 5.69 Å². The van der Waals surface area contributed by atoms with Gasteiger partial charge in [-0.3, -0.25) is 10.1 Å². The predicted molar refractivity (Wildman–Crippen MR) is 78.5 cm³/mol. The molecule has 108 valence electrons. The van der Waals surface area contributed by atoms with E-state index in [0.29, 0.717) is 0 Å². The number of carboxylic acid groups (broad SMARTS) is 1. The molecule has 7 heteroatoms. The third-order valence-corrected chi connectivity index (χ3v) is 3.24. The molecule has 0 aromatic heterocycles. The minimum absolute atomic E-state index is 0.0935. The molecule has 0 aliphatic carbocycles. The zero-order valence-corrected chi connectivity index (χ0v) is 12.2. The molecule has 2 rings (SSSR count). The smallest absolute Gasteiger partial charge is 0.339 e. The Morgan fingerprint density at radius 2 is 1.90 bits per heavy atom. The molecule has 0 saturated heterocycles. The van der Waals surface area contributed by atoms with Crippen molar-refractivity contribution in [3.63, 3.8) is 0 Å². The first-order valence-corrected chi connectivity index (χ1v) is 6.65. The second kappa shape index (κ2) is 6.36. The number of hydrogen-bond acceptors (Lipinski definition) is 4. The van der Waals surface area contributed by atoms with Crippen LogP contribution in [0, 0.1) is 10.1 Å². The quantitative estimate of drug-likeness (QED) is 0.656. The molecule has 0 radical (unpaired) electrons. The predicted octanol–water partition coefficient (Wildman–Crippen LogP) is 3.63. The van der Waals surface area contributed by atoms with Gasteiger partial charge in [0, 0.05) is 16.6 Å². The second-order valence-corrected chi connectivity index (χ2v) is 5.07. The molecule has 21 heavy (non-hydrogen) atoms. The van der Waals surface area contributed by atoms with Gasteiger partial charge in [-0.2, -0.15) is 0 Å². The maximum Gasteiger partial charge on any atom is 0.339 e. The van der Waals surface area contributed by atoms with Crippen molar-refractivity contribution in [2.24, 2.45) is 0 Å². The minimum atomic E-state index is -1.27. The Labute approximate surface area is 128 Å². The van der Waals surface area contributed by atoms with Gasteiger partial charge in [-0.15, -0.1) is 0 Å². The topological polar surface area (TPSA) is 89.7 Å². The molecule has 6 nitrogen and oxygen atoms in total. The van der Waals surface area contributed by atoms with Gasteiger partial charge in [0.1, 0.15) is 17.9 Å². The van der Waals surface area contributed by atoms with E-state index in [1.54, 1.807) is 0 Å². The van der Waals surface area contributed by atoms with E-state index in [1.165, 1.54) is 12.1 Å². The third-order valence-electron chi connectivity index (χ3n) is 2.71. The van der Waals surface area contributed by atoms with Gasteiger partial charge in [-0.25, -0.2) is 4.79 Å². The summed E-state index contributed by atoms with van der Waals surface area (Å²) >= 11 is 3.31. The van der Waals surface area contributed by atoms with Crippen LogP contribution in [0.1, 0.15) is 15.9 Å². The molecule has 0 amide bonds. The van der Waals surface area contributed by atoms with Gasteiger partial charge in [0.05, 0.1) is 4.92 Å². The maximum absolute atomic E-state index is 11.1. The number of benzene rings is 2. The minimum Gasteiger partial charge on any atom is -0.488 e. The van der Waals surface area contributed by atoms with Crippen LogP contribution in [0.25, 0.3) is 0 Å². The number of carbonyl (C=O) groups is 1. The van der Waals surface area contributed by atoms with Crippen LogP contribution >= 0.6 is 15.9 Å². The fourth-order valence-corrected chi connectivity index (χ4v) is 1.93. The van der Waals surface area contributed by atoms with E-state index in [0.717, 1.165) is 16.1 Å². The van der Waals surface area contributed by atoms with E-state index in [1.807, 2.05) is 24.3 Å². The molecule has 0 spiro atoms. The van der Waals surface area contributed by atoms with Crippen LogP contribution in [0.15, 0.2) is 46.9 Å². The van der Waals surface area contributed by atoms with Crippen LogP contribution in [0.2, 0.25) is 0 Å². The summed E-state index contributed by atoms with van der Waals surface area (Å²) in [6.07, 6.45) is 0. The van der Waals surface area contributed by atoms with Gasteiger partial charge in [0.15, 0.2) is 0 Å². The molecule has 0 fully saturated rings. The average molecular weight is 352 g/mol. The molecular formula is C14H10BrNO5. The maximum atomic E-state index is 11.1. The summed E-state index contributed by atoms with van der Waals surface area (Å²) in [7, 11) is 0. The van der Waals surface area contributed by atoms with Crippen molar-refractivity contribution in [3.05, 3.63) is 68.2 Å². The summed E-state index contributed by atoms with van der Waals surface area (Å²) in [5.41, 5.74) is 0.331. The van der Waals surface area contributed by atoms with Crippen molar-refractivity contribution in [1.29, 1.82) is 0 Å². The lowest BCUT2D eigenvalue weighted by molar-refractivity contribution is -0.384. The fraction of sp³-hybridized carbons (Fsp3) is 0.0714. The number of carboxylic acids is 1. The first-order chi connectivity index (χ1) is 9.97. The largest absolute Gasteiger partial charge is 0.488 e. The monoisotopic (exact) mass is 351 g/mol.